The van der Waals surface area contributed by atoms with Crippen LogP contribution < -0.4 is 5.73 Å². The third kappa shape index (κ3) is 83.9. The fraction of sp³-hybridized carbons (Fsp3) is 0.648. The molecule has 9 nitrogen and oxygen atoms in total. The number of carbonyl (C=O) groups is 2. The number of hydrogen-bond acceptors (Lipinski definition) is 8. The van der Waals surface area contributed by atoms with Crippen LogP contribution >= 0.6 is 7.82 Å². The molecule has 0 aromatic heterocycles. The molecule has 0 aliphatic heterocycles. The van der Waals surface area contributed by atoms with E-state index in [2.05, 4.69) is 196 Å². The van der Waals surface area contributed by atoms with Gasteiger partial charge in [0, 0.05) is 19.4 Å². The topological polar surface area (TPSA) is 134 Å². The number of nitrogens with two attached hydrogens (primary N) is 1. The number of ether oxygens (including phenoxy) is 2. The standard InChI is InChI=1S/C91H152NO8P/c1-3-5-7-9-11-13-15-17-19-21-23-25-27-29-31-33-35-37-39-41-43-44-46-47-49-51-53-55-57-59-61-63-65-67-69-71-73-75-77-79-81-83-90(93)97-87-89(88-99-101(95,96)98-86-85-92)100-91(94)84-82-80-78-76-74-72-70-68-66-64-62-60-58-56-54-52-50-48-45-42-40-38-36-34-32-30-28-26-24-22-20-18-16-14-12-10-8-6-4-2/h5-8,11-14,17-20,23-26,30,32,36,38,42,45,50,52,56,58,62,64,68,70,89H,3-4,9-10,15-16,21-22,27-29,31,33-35,37,39-41,43-44,46-49,51,53-55,57,59-61,63,65-67,69,71-88,92H2,1-2H3,(H,95,96)/b7-5-,8-6-,13-11-,14-12-,19-17-,20-18-,25-23-,26-24-,32-30-,38-36-,45-42-,52-50-,58-56-,64-62-,70-68-. The quantitative estimate of drug-likeness (QED) is 0.0264. The molecule has 0 amide bonds. The summed E-state index contributed by atoms with van der Waals surface area (Å²) in [6.07, 6.45) is 126. The van der Waals surface area contributed by atoms with Crippen molar-refractivity contribution < 1.29 is 37.6 Å². The number of phosphoric ester groups is 1. The van der Waals surface area contributed by atoms with E-state index in [0.29, 0.717) is 6.42 Å². The summed E-state index contributed by atoms with van der Waals surface area (Å²) in [5.74, 6) is -0.848. The van der Waals surface area contributed by atoms with Gasteiger partial charge in [0.25, 0.3) is 0 Å². The summed E-state index contributed by atoms with van der Waals surface area (Å²) in [5, 5.41) is 0. The molecule has 0 heterocycles. The molecule has 0 rings (SSSR count). The molecular formula is C91H152NO8P. The molecule has 101 heavy (non-hydrogen) atoms. The van der Waals surface area contributed by atoms with Crippen molar-refractivity contribution in [1.82, 2.24) is 0 Å². The first-order chi connectivity index (χ1) is 49.8. The van der Waals surface area contributed by atoms with E-state index in [9.17, 15) is 19.0 Å². The van der Waals surface area contributed by atoms with Crippen LogP contribution in [-0.4, -0.2) is 49.3 Å². The molecule has 3 N–H and O–H groups in total. The zero-order valence-electron chi connectivity index (χ0n) is 64.8. The number of esters is 2. The first kappa shape index (κ1) is 96.1. The fourth-order valence-electron chi connectivity index (χ4n) is 11.3. The molecule has 0 spiro atoms. The first-order valence-corrected chi connectivity index (χ1v) is 42.8. The Morgan fingerprint density at radius 2 is 0.515 bits per heavy atom. The Labute approximate surface area is 622 Å². The highest BCUT2D eigenvalue weighted by molar-refractivity contribution is 7.47. The summed E-state index contributed by atoms with van der Waals surface area (Å²) in [5.41, 5.74) is 5.41. The highest BCUT2D eigenvalue weighted by Crippen LogP contribution is 2.43. The van der Waals surface area contributed by atoms with E-state index in [4.69, 9.17) is 24.3 Å². The molecule has 0 radical (unpaired) electrons. The Hall–Kier alpha value is -4.89. The highest BCUT2D eigenvalue weighted by atomic mass is 31.2. The van der Waals surface area contributed by atoms with Crippen molar-refractivity contribution in [2.45, 2.75) is 354 Å². The Morgan fingerprint density at radius 3 is 0.762 bits per heavy atom. The lowest BCUT2D eigenvalue weighted by Crippen LogP contribution is -2.29. The van der Waals surface area contributed by atoms with E-state index in [0.717, 1.165) is 148 Å². The van der Waals surface area contributed by atoms with Gasteiger partial charge in [-0.05, 0) is 135 Å². The number of allylic oxidation sites excluding steroid dienone is 30. The molecule has 0 aliphatic rings. The zero-order chi connectivity index (χ0) is 72.9. The number of carbonyl (C=O) groups excluding carboxylic acids is 2. The zero-order valence-corrected chi connectivity index (χ0v) is 65.7. The molecule has 2 unspecified atom stereocenters. The van der Waals surface area contributed by atoms with Gasteiger partial charge in [0.1, 0.15) is 6.61 Å². The van der Waals surface area contributed by atoms with Crippen molar-refractivity contribution in [2.75, 3.05) is 26.4 Å². The lowest BCUT2D eigenvalue weighted by atomic mass is 10.0. The first-order valence-electron chi connectivity index (χ1n) is 41.3. The van der Waals surface area contributed by atoms with Crippen LogP contribution in [-0.2, 0) is 32.7 Å². The summed E-state index contributed by atoms with van der Waals surface area (Å²) >= 11 is 0. The van der Waals surface area contributed by atoms with Crippen molar-refractivity contribution in [3.05, 3.63) is 182 Å². The van der Waals surface area contributed by atoms with Gasteiger partial charge in [0.05, 0.1) is 13.2 Å². The van der Waals surface area contributed by atoms with Crippen molar-refractivity contribution in [3.63, 3.8) is 0 Å². The number of rotatable bonds is 76. The van der Waals surface area contributed by atoms with Gasteiger partial charge in [-0.3, -0.25) is 18.6 Å². The van der Waals surface area contributed by atoms with Gasteiger partial charge in [-0.2, -0.15) is 0 Å². The average molecular weight is 1420 g/mol. The van der Waals surface area contributed by atoms with Crippen LogP contribution in [0.4, 0.5) is 0 Å². The molecule has 574 valence electrons. The minimum Gasteiger partial charge on any atom is -0.462 e. The number of phosphoric acid groups is 1. The molecule has 0 aromatic rings. The van der Waals surface area contributed by atoms with E-state index < -0.39 is 26.5 Å². The third-order valence-corrected chi connectivity index (χ3v) is 18.3. The van der Waals surface area contributed by atoms with E-state index in [1.54, 1.807) is 0 Å². The SMILES string of the molecule is CC/C=C\C/C=C\C/C=C\C/C=C\C/C=C\C/C=C\C/C=C\C/C=C\C/C=C\C/C=C\C/C=C\CCCCCCCC(=O)OC(COC(=O)CCCCCCCCCCCCCCCCCCCCCCCCCCCCCC/C=C\C/C=C\C/C=C\C/C=C\CC)COP(=O)(O)OCCN. The molecule has 10 heteroatoms. The molecular weight excluding hydrogens is 1270 g/mol. The largest absolute Gasteiger partial charge is 0.472 e. The monoisotopic (exact) mass is 1420 g/mol. The molecule has 2 atom stereocenters. The summed E-state index contributed by atoms with van der Waals surface area (Å²) < 4.78 is 33.3. The highest BCUT2D eigenvalue weighted by Gasteiger charge is 2.26. The molecule has 0 bridgehead atoms. The Bertz CT molecular complexity index is 2330. The molecule has 0 saturated carbocycles. The maximum absolute atomic E-state index is 12.8. The number of unbranched alkanes of at least 4 members (excludes halogenated alkanes) is 33. The fourth-order valence-corrected chi connectivity index (χ4v) is 12.0. The van der Waals surface area contributed by atoms with Gasteiger partial charge >= 0.3 is 19.8 Å². The van der Waals surface area contributed by atoms with E-state index in [1.165, 1.54) is 167 Å². The smallest absolute Gasteiger partial charge is 0.462 e. The average Bonchev–Trinajstić information content (AvgIpc) is 1.01. The van der Waals surface area contributed by atoms with Crippen molar-refractivity contribution in [1.29, 1.82) is 0 Å². The maximum atomic E-state index is 12.8. The lowest BCUT2D eigenvalue weighted by molar-refractivity contribution is -0.161. The van der Waals surface area contributed by atoms with Crippen molar-refractivity contribution in [3.8, 4) is 0 Å². The van der Waals surface area contributed by atoms with Crippen molar-refractivity contribution in [2.24, 2.45) is 5.73 Å². The second-order valence-corrected chi connectivity index (χ2v) is 28.3. The van der Waals surface area contributed by atoms with Crippen LogP contribution in [0.25, 0.3) is 0 Å². The van der Waals surface area contributed by atoms with Gasteiger partial charge in [0.15, 0.2) is 6.10 Å². The second-order valence-electron chi connectivity index (χ2n) is 26.9. The van der Waals surface area contributed by atoms with Gasteiger partial charge in [-0.15, -0.1) is 0 Å². The predicted octanol–water partition coefficient (Wildman–Crippen LogP) is 28.2. The van der Waals surface area contributed by atoms with Crippen LogP contribution in [0.5, 0.6) is 0 Å². The van der Waals surface area contributed by atoms with E-state index >= 15 is 0 Å². The minimum atomic E-state index is -4.41. The van der Waals surface area contributed by atoms with Gasteiger partial charge < -0.3 is 20.1 Å². The van der Waals surface area contributed by atoms with Gasteiger partial charge in [0.2, 0.25) is 0 Å². The van der Waals surface area contributed by atoms with Crippen LogP contribution in [0, 0.1) is 0 Å². The molecule has 0 aliphatic carbocycles. The summed E-state index contributed by atoms with van der Waals surface area (Å²) in [6, 6.07) is 0. The lowest BCUT2D eigenvalue weighted by Gasteiger charge is -2.19. The molecule has 0 saturated heterocycles. The molecule has 0 fully saturated rings. The summed E-state index contributed by atoms with van der Waals surface area (Å²) in [4.78, 5) is 35.5. The van der Waals surface area contributed by atoms with Crippen molar-refractivity contribution >= 4 is 19.8 Å². The minimum absolute atomic E-state index is 0.0432. The number of hydrogen-bond donors (Lipinski definition) is 2. The molecule has 0 aromatic carbocycles. The van der Waals surface area contributed by atoms with Crippen LogP contribution in [0.15, 0.2) is 182 Å². The summed E-state index contributed by atoms with van der Waals surface area (Å²) in [6.45, 7) is 3.51. The normalized spacial score (nSPS) is 13.8. The van der Waals surface area contributed by atoms with Crippen LogP contribution in [0.3, 0.4) is 0 Å². The third-order valence-electron chi connectivity index (χ3n) is 17.3. The Morgan fingerprint density at radius 1 is 0.297 bits per heavy atom. The van der Waals surface area contributed by atoms with Crippen LogP contribution in [0.1, 0.15) is 348 Å². The van der Waals surface area contributed by atoms with Crippen LogP contribution in [0.2, 0.25) is 0 Å². The van der Waals surface area contributed by atoms with E-state index in [1.807, 2.05) is 0 Å². The second kappa shape index (κ2) is 84.1. The predicted molar refractivity (Wildman–Crippen MR) is 440 cm³/mol. The Kier molecular flexibility index (Phi) is 80.0. The Balaban J connectivity index is 3.87. The van der Waals surface area contributed by atoms with E-state index in [-0.39, 0.29) is 38.6 Å². The summed E-state index contributed by atoms with van der Waals surface area (Å²) in [7, 11) is -4.41. The van der Waals surface area contributed by atoms with Gasteiger partial charge in [-0.25, -0.2) is 4.57 Å². The maximum Gasteiger partial charge on any atom is 0.472 e. The van der Waals surface area contributed by atoms with Gasteiger partial charge in [-0.1, -0.05) is 382 Å².